The molecule has 0 aliphatic heterocycles. The van der Waals surface area contributed by atoms with Crippen LogP contribution in [0.4, 0.5) is 0 Å². The lowest BCUT2D eigenvalue weighted by Crippen LogP contribution is -2.46. The highest BCUT2D eigenvalue weighted by molar-refractivity contribution is 5.77. The van der Waals surface area contributed by atoms with Crippen molar-refractivity contribution in [2.24, 2.45) is 5.92 Å². The maximum atomic E-state index is 11.3. The van der Waals surface area contributed by atoms with Gasteiger partial charge in [-0.25, -0.2) is 4.79 Å². The first kappa shape index (κ1) is 13.5. The molecule has 0 aromatic rings. The van der Waals surface area contributed by atoms with E-state index in [0.717, 1.165) is 25.7 Å². The van der Waals surface area contributed by atoms with Gasteiger partial charge in [-0.15, -0.1) is 0 Å². The van der Waals surface area contributed by atoms with Gasteiger partial charge < -0.3 is 14.9 Å². The summed E-state index contributed by atoms with van der Waals surface area (Å²) in [6.07, 6.45) is 5.75. The molecule has 16 heavy (non-hydrogen) atoms. The first-order chi connectivity index (χ1) is 7.61. The van der Waals surface area contributed by atoms with Gasteiger partial charge in [0.25, 0.3) is 0 Å². The number of carboxylic acid groups (broad SMARTS) is 1. The van der Waals surface area contributed by atoms with Crippen LogP contribution in [0.5, 0.6) is 0 Å². The number of rotatable bonds is 6. The van der Waals surface area contributed by atoms with Crippen LogP contribution < -0.4 is 0 Å². The Balaban J connectivity index is 2.58. The van der Waals surface area contributed by atoms with E-state index >= 15 is 0 Å². The first-order valence-electron chi connectivity index (χ1n) is 6.09. The van der Waals surface area contributed by atoms with Gasteiger partial charge in [0.05, 0.1) is 6.61 Å². The first-order valence-corrected chi connectivity index (χ1v) is 6.09. The predicted octanol–water partition coefficient (Wildman–Crippen LogP) is 1.81. The molecule has 4 nitrogen and oxygen atoms in total. The fraction of sp³-hybridized carbons (Fsp3) is 0.917. The fourth-order valence-corrected chi connectivity index (χ4v) is 2.36. The molecule has 1 saturated carbocycles. The van der Waals surface area contributed by atoms with Gasteiger partial charge in [0.15, 0.2) is 5.60 Å². The number of hydrogen-bond donors (Lipinski definition) is 2. The van der Waals surface area contributed by atoms with Crippen molar-refractivity contribution < 1.29 is 19.7 Å². The molecule has 0 saturated heterocycles. The van der Waals surface area contributed by atoms with Crippen LogP contribution in [0.3, 0.4) is 0 Å². The molecule has 4 heteroatoms. The zero-order chi connectivity index (χ0) is 12.0. The normalized spacial score (nSPS) is 21.6. The van der Waals surface area contributed by atoms with E-state index in [0.29, 0.717) is 13.0 Å². The summed E-state index contributed by atoms with van der Waals surface area (Å²) < 4.78 is 5.51. The van der Waals surface area contributed by atoms with Gasteiger partial charge in [0.1, 0.15) is 0 Å². The molecule has 1 fully saturated rings. The maximum Gasteiger partial charge on any atom is 0.335 e. The second-order valence-corrected chi connectivity index (χ2v) is 4.67. The molecule has 0 spiro atoms. The highest BCUT2D eigenvalue weighted by Gasteiger charge is 2.42. The second kappa shape index (κ2) is 6.21. The van der Waals surface area contributed by atoms with Gasteiger partial charge in [-0.05, 0) is 32.1 Å². The fourth-order valence-electron chi connectivity index (χ4n) is 2.36. The van der Waals surface area contributed by atoms with E-state index in [1.165, 1.54) is 6.42 Å². The molecular formula is C12H22O4. The van der Waals surface area contributed by atoms with E-state index in [1.54, 1.807) is 6.92 Å². The average Bonchev–Trinajstić information content (AvgIpc) is 2.30. The monoisotopic (exact) mass is 230 g/mol. The Labute approximate surface area is 96.6 Å². The van der Waals surface area contributed by atoms with E-state index < -0.39 is 11.6 Å². The van der Waals surface area contributed by atoms with Crippen molar-refractivity contribution in [2.75, 3.05) is 13.2 Å². The number of aliphatic hydroxyl groups is 1. The Hall–Kier alpha value is -0.610. The van der Waals surface area contributed by atoms with Gasteiger partial charge >= 0.3 is 5.97 Å². The summed E-state index contributed by atoms with van der Waals surface area (Å²) in [7, 11) is 0. The number of ether oxygens (including phenoxy) is 1. The Kier molecular flexibility index (Phi) is 5.22. The van der Waals surface area contributed by atoms with Crippen molar-refractivity contribution in [1.29, 1.82) is 0 Å². The molecule has 2 N–H and O–H groups in total. The minimum absolute atomic E-state index is 0.0420. The van der Waals surface area contributed by atoms with Crippen LogP contribution in [0.1, 0.15) is 45.4 Å². The number of hydrogen-bond acceptors (Lipinski definition) is 3. The van der Waals surface area contributed by atoms with Crippen LogP contribution >= 0.6 is 0 Å². The predicted molar refractivity (Wildman–Crippen MR) is 60.3 cm³/mol. The third-order valence-electron chi connectivity index (χ3n) is 3.51. The molecule has 0 amide bonds. The SMILES string of the molecule is CC(OCCCO)(C(=O)O)C1CCCCC1. The second-order valence-electron chi connectivity index (χ2n) is 4.67. The van der Waals surface area contributed by atoms with Crippen molar-refractivity contribution in [3.05, 3.63) is 0 Å². The van der Waals surface area contributed by atoms with Gasteiger partial charge in [0, 0.05) is 6.61 Å². The van der Waals surface area contributed by atoms with Crippen LogP contribution in [-0.4, -0.2) is 35.0 Å². The molecule has 0 aromatic heterocycles. The van der Waals surface area contributed by atoms with Crippen LogP contribution in [-0.2, 0) is 9.53 Å². The van der Waals surface area contributed by atoms with E-state index in [9.17, 15) is 9.90 Å². The van der Waals surface area contributed by atoms with Gasteiger partial charge in [-0.1, -0.05) is 19.3 Å². The molecule has 1 aliphatic carbocycles. The molecule has 1 rings (SSSR count). The summed E-state index contributed by atoms with van der Waals surface area (Å²) in [5, 5.41) is 18.0. The third kappa shape index (κ3) is 3.19. The molecule has 0 radical (unpaired) electrons. The number of aliphatic carboxylic acids is 1. The zero-order valence-corrected chi connectivity index (χ0v) is 9.95. The molecule has 1 aliphatic rings. The van der Waals surface area contributed by atoms with Crippen molar-refractivity contribution >= 4 is 5.97 Å². The van der Waals surface area contributed by atoms with E-state index in [-0.39, 0.29) is 12.5 Å². The zero-order valence-electron chi connectivity index (χ0n) is 9.95. The van der Waals surface area contributed by atoms with Crippen LogP contribution in [0.15, 0.2) is 0 Å². The highest BCUT2D eigenvalue weighted by atomic mass is 16.5. The number of carbonyl (C=O) groups is 1. The summed E-state index contributed by atoms with van der Waals surface area (Å²) in [5.74, 6) is -0.769. The van der Waals surface area contributed by atoms with E-state index in [2.05, 4.69) is 0 Å². The summed E-state index contributed by atoms with van der Waals surface area (Å²) in [5.41, 5.74) is -1.07. The lowest BCUT2D eigenvalue weighted by molar-refractivity contribution is -0.174. The molecule has 94 valence electrons. The lowest BCUT2D eigenvalue weighted by atomic mass is 9.77. The van der Waals surface area contributed by atoms with Gasteiger partial charge in [-0.2, -0.15) is 0 Å². The smallest absolute Gasteiger partial charge is 0.335 e. The lowest BCUT2D eigenvalue weighted by Gasteiger charge is -2.36. The molecule has 1 unspecified atom stereocenters. The van der Waals surface area contributed by atoms with Crippen molar-refractivity contribution in [2.45, 2.75) is 51.0 Å². The standard InChI is InChI=1S/C12H22O4/c1-12(11(14)15,16-9-5-8-13)10-6-3-2-4-7-10/h10,13H,2-9H2,1H3,(H,14,15). The van der Waals surface area contributed by atoms with Crippen molar-refractivity contribution in [3.8, 4) is 0 Å². The summed E-state index contributed by atoms with van der Waals surface area (Å²) in [6.45, 7) is 2.03. The summed E-state index contributed by atoms with van der Waals surface area (Å²) in [4.78, 5) is 11.3. The van der Waals surface area contributed by atoms with E-state index in [4.69, 9.17) is 9.84 Å². The molecule has 1 atom stereocenters. The summed E-state index contributed by atoms with van der Waals surface area (Å²) >= 11 is 0. The highest BCUT2D eigenvalue weighted by Crippen LogP contribution is 2.35. The average molecular weight is 230 g/mol. The van der Waals surface area contributed by atoms with Gasteiger partial charge in [-0.3, -0.25) is 0 Å². The maximum absolute atomic E-state index is 11.3. The Morgan fingerprint density at radius 2 is 2.00 bits per heavy atom. The molecule has 0 heterocycles. The molecule has 0 aromatic carbocycles. The minimum atomic E-state index is -1.07. The largest absolute Gasteiger partial charge is 0.479 e. The Morgan fingerprint density at radius 1 is 1.38 bits per heavy atom. The molecular weight excluding hydrogens is 208 g/mol. The van der Waals surface area contributed by atoms with Crippen molar-refractivity contribution in [1.82, 2.24) is 0 Å². The Morgan fingerprint density at radius 3 is 2.50 bits per heavy atom. The summed E-state index contributed by atoms with van der Waals surface area (Å²) in [6, 6.07) is 0. The minimum Gasteiger partial charge on any atom is -0.479 e. The quantitative estimate of drug-likeness (QED) is 0.683. The third-order valence-corrected chi connectivity index (χ3v) is 3.51. The number of aliphatic hydroxyl groups excluding tert-OH is 1. The van der Waals surface area contributed by atoms with Crippen LogP contribution in [0, 0.1) is 5.92 Å². The molecule has 0 bridgehead atoms. The van der Waals surface area contributed by atoms with Crippen LogP contribution in [0.25, 0.3) is 0 Å². The van der Waals surface area contributed by atoms with Crippen molar-refractivity contribution in [3.63, 3.8) is 0 Å². The topological polar surface area (TPSA) is 66.8 Å². The van der Waals surface area contributed by atoms with Crippen LogP contribution in [0.2, 0.25) is 0 Å². The van der Waals surface area contributed by atoms with E-state index in [1.807, 2.05) is 0 Å². The number of carboxylic acids is 1. The van der Waals surface area contributed by atoms with Gasteiger partial charge in [0.2, 0.25) is 0 Å². The Bertz CT molecular complexity index is 223.